The number of rotatable bonds is 0. The van der Waals surface area contributed by atoms with Crippen LogP contribution in [0.25, 0.3) is 0 Å². The van der Waals surface area contributed by atoms with Crippen molar-refractivity contribution in [2.45, 2.75) is 9.84 Å². The zero-order valence-corrected chi connectivity index (χ0v) is 9.86. The lowest BCUT2D eigenvalue weighted by Gasteiger charge is -2.03. The molecule has 0 fully saturated rings. The predicted molar refractivity (Wildman–Crippen MR) is 56.5 cm³/mol. The molecule has 1 nitrogen and oxygen atoms in total. The third-order valence-electron chi connectivity index (χ3n) is 1.74. The van der Waals surface area contributed by atoms with Gasteiger partial charge in [-0.3, -0.25) is 0 Å². The minimum Gasteiger partial charge on any atom is -0.477 e. The molecule has 1 aliphatic rings. The molecule has 0 N–H and O–H groups in total. The zero-order valence-electron chi connectivity index (χ0n) is 5.93. The van der Waals surface area contributed by atoms with Crippen molar-refractivity contribution in [3.63, 3.8) is 0 Å². The van der Waals surface area contributed by atoms with Gasteiger partial charge in [0.05, 0.1) is 4.83 Å². The van der Waals surface area contributed by atoms with Gasteiger partial charge in [0.15, 0.2) is 5.01 Å². The molecule has 0 spiro atoms. The van der Waals surface area contributed by atoms with Crippen molar-refractivity contribution in [2.24, 2.45) is 0 Å². The normalized spacial score (nSPS) is 26.6. The zero-order chi connectivity index (χ0) is 8.72. The Morgan fingerprint density at radius 2 is 2.08 bits per heavy atom. The lowest BCUT2D eigenvalue weighted by atomic mass is 10.2. The summed E-state index contributed by atoms with van der Waals surface area (Å²) >= 11 is 12.7. The molecule has 0 bridgehead atoms. The molecule has 2 atom stereocenters. The maximum atomic E-state index is 5.84. The topological polar surface area (TPSA) is 9.23 Å². The number of benzene rings is 1. The van der Waals surface area contributed by atoms with Gasteiger partial charge in [0.2, 0.25) is 0 Å². The van der Waals surface area contributed by atoms with Crippen LogP contribution in [0.2, 0.25) is 5.02 Å². The van der Waals surface area contributed by atoms with Crippen molar-refractivity contribution < 1.29 is 4.74 Å². The molecule has 0 radical (unpaired) electrons. The number of hydrogen-bond acceptors (Lipinski definition) is 1. The molecule has 64 valence electrons. The Labute approximate surface area is 92.3 Å². The highest BCUT2D eigenvalue weighted by atomic mass is 79.9. The van der Waals surface area contributed by atoms with Crippen molar-refractivity contribution >= 4 is 43.5 Å². The molecule has 2 unspecified atom stereocenters. The lowest BCUT2D eigenvalue weighted by molar-refractivity contribution is 0.329. The molecule has 1 aliphatic heterocycles. The minimum absolute atomic E-state index is 0.00552. The van der Waals surface area contributed by atoms with Gasteiger partial charge in [-0.05, 0) is 34.1 Å². The van der Waals surface area contributed by atoms with Crippen LogP contribution in [-0.4, -0.2) is 5.01 Å². The number of alkyl halides is 2. The second-order valence-corrected chi connectivity index (χ2v) is 4.88. The second kappa shape index (κ2) is 3.20. The number of hydrogen-bond donors (Lipinski definition) is 0. The van der Waals surface area contributed by atoms with Crippen LogP contribution in [0, 0.1) is 0 Å². The summed E-state index contributed by atoms with van der Waals surface area (Å²) in [5, 5.41) is 0.745. The highest BCUT2D eigenvalue weighted by Gasteiger charge is 2.30. The Kier molecular flexibility index (Phi) is 2.36. The quantitative estimate of drug-likeness (QED) is 0.660. The molecule has 0 amide bonds. The van der Waals surface area contributed by atoms with E-state index >= 15 is 0 Å². The van der Waals surface area contributed by atoms with Crippen LogP contribution < -0.4 is 4.74 Å². The van der Waals surface area contributed by atoms with E-state index in [1.807, 2.05) is 18.2 Å². The molecule has 0 saturated heterocycles. The molecular weight excluding hydrogens is 307 g/mol. The predicted octanol–water partition coefficient (Wildman–Crippen LogP) is 3.89. The summed E-state index contributed by atoms with van der Waals surface area (Å²) in [6.45, 7) is 0. The van der Waals surface area contributed by atoms with E-state index in [0.717, 1.165) is 16.3 Å². The van der Waals surface area contributed by atoms with E-state index in [1.165, 1.54) is 0 Å². The molecule has 12 heavy (non-hydrogen) atoms. The van der Waals surface area contributed by atoms with Gasteiger partial charge >= 0.3 is 0 Å². The Hall–Kier alpha value is 0.270. The van der Waals surface area contributed by atoms with Crippen molar-refractivity contribution in [3.8, 4) is 5.75 Å². The van der Waals surface area contributed by atoms with E-state index in [-0.39, 0.29) is 9.84 Å². The highest BCUT2D eigenvalue weighted by Crippen LogP contribution is 2.45. The van der Waals surface area contributed by atoms with E-state index in [2.05, 4.69) is 31.9 Å². The van der Waals surface area contributed by atoms with E-state index < -0.39 is 0 Å². The average molecular weight is 312 g/mol. The second-order valence-electron chi connectivity index (χ2n) is 2.55. The first-order chi connectivity index (χ1) is 5.68. The van der Waals surface area contributed by atoms with Gasteiger partial charge in [0.1, 0.15) is 5.75 Å². The minimum atomic E-state index is 0.00552. The van der Waals surface area contributed by atoms with Crippen molar-refractivity contribution in [1.82, 2.24) is 0 Å². The molecule has 0 aromatic heterocycles. The number of halogens is 3. The molecule has 1 heterocycles. The van der Waals surface area contributed by atoms with Gasteiger partial charge in [-0.25, -0.2) is 0 Å². The van der Waals surface area contributed by atoms with Crippen LogP contribution in [0.5, 0.6) is 5.75 Å². The first-order valence-corrected chi connectivity index (χ1v) is 5.63. The van der Waals surface area contributed by atoms with Gasteiger partial charge in [0, 0.05) is 10.6 Å². The van der Waals surface area contributed by atoms with Gasteiger partial charge in [-0.2, -0.15) is 0 Å². The maximum Gasteiger partial charge on any atom is 0.169 e. The summed E-state index contributed by atoms with van der Waals surface area (Å²) in [5.41, 5.74) is 1.10. The van der Waals surface area contributed by atoms with Crippen LogP contribution in [0.1, 0.15) is 10.4 Å². The molecule has 4 heteroatoms. The Bertz CT molecular complexity index is 316. The fourth-order valence-corrected chi connectivity index (χ4v) is 2.30. The summed E-state index contributed by atoms with van der Waals surface area (Å²) < 4.78 is 5.49. The smallest absolute Gasteiger partial charge is 0.169 e. The number of ether oxygens (including phenoxy) is 1. The SMILES string of the molecule is Clc1ccc2c(c1)C(Br)C(Br)O2. The summed E-state index contributed by atoms with van der Waals surface area (Å²) in [5.74, 6) is 0.892. The van der Waals surface area contributed by atoms with E-state index in [1.54, 1.807) is 0 Å². The van der Waals surface area contributed by atoms with Crippen LogP contribution >= 0.6 is 43.5 Å². The summed E-state index contributed by atoms with van der Waals surface area (Å²) in [4.78, 5) is 0.186. The molecule has 1 aromatic rings. The third kappa shape index (κ3) is 1.38. The first-order valence-electron chi connectivity index (χ1n) is 3.43. The highest BCUT2D eigenvalue weighted by molar-refractivity contribution is 9.12. The van der Waals surface area contributed by atoms with Crippen molar-refractivity contribution in [3.05, 3.63) is 28.8 Å². The van der Waals surface area contributed by atoms with E-state index in [9.17, 15) is 0 Å². The fourth-order valence-electron chi connectivity index (χ4n) is 1.16. The maximum absolute atomic E-state index is 5.84. The Balaban J connectivity index is 2.48. The standard InChI is InChI=1S/C8H5Br2ClO/c9-7-5-3-4(11)1-2-6(5)12-8(7)10/h1-3,7-8H. The van der Waals surface area contributed by atoms with Crippen LogP contribution in [0.4, 0.5) is 0 Å². The fraction of sp³-hybridized carbons (Fsp3) is 0.250. The van der Waals surface area contributed by atoms with Gasteiger partial charge in [-0.1, -0.05) is 27.5 Å². The first kappa shape index (κ1) is 8.85. The van der Waals surface area contributed by atoms with Crippen molar-refractivity contribution in [1.29, 1.82) is 0 Å². The van der Waals surface area contributed by atoms with Crippen LogP contribution in [-0.2, 0) is 0 Å². The molecule has 0 saturated carbocycles. The van der Waals surface area contributed by atoms with Crippen molar-refractivity contribution in [2.75, 3.05) is 0 Å². The van der Waals surface area contributed by atoms with Gasteiger partial charge < -0.3 is 4.74 Å². The molecular formula is C8H5Br2ClO. The Morgan fingerprint density at radius 3 is 2.83 bits per heavy atom. The molecule has 2 rings (SSSR count). The van der Waals surface area contributed by atoms with E-state index in [0.29, 0.717) is 0 Å². The van der Waals surface area contributed by atoms with Gasteiger partial charge in [-0.15, -0.1) is 0 Å². The summed E-state index contributed by atoms with van der Waals surface area (Å²) in [6, 6.07) is 5.62. The summed E-state index contributed by atoms with van der Waals surface area (Å²) in [6.07, 6.45) is 0. The average Bonchev–Trinajstić information content (AvgIpc) is 2.31. The van der Waals surface area contributed by atoms with Crippen LogP contribution in [0.3, 0.4) is 0 Å². The summed E-state index contributed by atoms with van der Waals surface area (Å²) in [7, 11) is 0. The van der Waals surface area contributed by atoms with Gasteiger partial charge in [0.25, 0.3) is 0 Å². The Morgan fingerprint density at radius 1 is 1.33 bits per heavy atom. The third-order valence-corrected chi connectivity index (χ3v) is 4.37. The lowest BCUT2D eigenvalue weighted by Crippen LogP contribution is -2.03. The van der Waals surface area contributed by atoms with Crippen LogP contribution in [0.15, 0.2) is 18.2 Å². The molecule has 0 aliphatic carbocycles. The van der Waals surface area contributed by atoms with E-state index in [4.69, 9.17) is 16.3 Å². The number of fused-ring (bicyclic) bond motifs is 1. The largest absolute Gasteiger partial charge is 0.477 e. The monoisotopic (exact) mass is 310 g/mol. The molecule has 1 aromatic carbocycles.